The zero-order chi connectivity index (χ0) is 12.2. The number of nitrogens with one attached hydrogen (secondary N) is 1. The van der Waals surface area contributed by atoms with Crippen LogP contribution >= 0.6 is 0 Å². The molecule has 88 valence electrons. The predicted octanol–water partition coefficient (Wildman–Crippen LogP) is 2.46. The Kier molecular flexibility index (Phi) is 2.13. The molecule has 17 heavy (non-hydrogen) atoms. The molecule has 0 saturated carbocycles. The number of hydrogen-bond donors (Lipinski definition) is 2. The highest BCUT2D eigenvalue weighted by Gasteiger charge is 2.38. The van der Waals surface area contributed by atoms with Crippen LogP contribution in [0.4, 0.5) is 0 Å². The molecule has 1 aromatic heterocycles. The Labute approximate surface area is 99.5 Å². The van der Waals surface area contributed by atoms with Crippen molar-refractivity contribution in [2.45, 2.75) is 25.9 Å². The summed E-state index contributed by atoms with van der Waals surface area (Å²) in [4.78, 5) is 15.5. The quantitative estimate of drug-likeness (QED) is 0.729. The number of rotatable bonds is 0. The van der Waals surface area contributed by atoms with Crippen LogP contribution in [0.2, 0.25) is 0 Å². The third kappa shape index (κ3) is 1.29. The third-order valence-electron chi connectivity index (χ3n) is 3.99. The number of aliphatic hydroxyl groups is 1. The number of H-pyrrole nitrogens is 1. The van der Waals surface area contributed by atoms with E-state index >= 15 is 0 Å². The van der Waals surface area contributed by atoms with Gasteiger partial charge in [0.2, 0.25) is 0 Å². The number of aromatic amines is 1. The predicted molar refractivity (Wildman–Crippen MR) is 66.2 cm³/mol. The number of ketones is 1. The largest absolute Gasteiger partial charge is 0.385 e. The molecule has 1 aliphatic carbocycles. The minimum absolute atomic E-state index is 0.0388. The van der Waals surface area contributed by atoms with Crippen molar-refractivity contribution < 1.29 is 9.90 Å². The second-order valence-electron chi connectivity index (χ2n) is 4.92. The van der Waals surface area contributed by atoms with E-state index in [1.54, 1.807) is 0 Å². The van der Waals surface area contributed by atoms with Crippen LogP contribution in [-0.4, -0.2) is 22.0 Å². The monoisotopic (exact) mass is 229 g/mol. The molecular weight excluding hydrogens is 214 g/mol. The van der Waals surface area contributed by atoms with E-state index in [1.165, 1.54) is 0 Å². The minimum Gasteiger partial charge on any atom is -0.385 e. The molecule has 2 aromatic rings. The van der Waals surface area contributed by atoms with Crippen LogP contribution in [0, 0.1) is 5.92 Å². The molecule has 0 unspecified atom stereocenters. The highest BCUT2D eigenvalue weighted by Crippen LogP contribution is 2.38. The highest BCUT2D eigenvalue weighted by molar-refractivity contribution is 6.12. The highest BCUT2D eigenvalue weighted by atomic mass is 16.3. The number of aliphatic hydroxyl groups excluding tert-OH is 1. The lowest BCUT2D eigenvalue weighted by Crippen LogP contribution is -2.36. The van der Waals surface area contributed by atoms with E-state index in [9.17, 15) is 9.90 Å². The Morgan fingerprint density at radius 1 is 1.24 bits per heavy atom. The second kappa shape index (κ2) is 3.44. The zero-order valence-corrected chi connectivity index (χ0v) is 9.90. The van der Waals surface area contributed by atoms with Crippen LogP contribution in [0.15, 0.2) is 24.3 Å². The Hall–Kier alpha value is -1.61. The maximum Gasteiger partial charge on any atom is 0.193 e. The van der Waals surface area contributed by atoms with Gasteiger partial charge in [-0.2, -0.15) is 0 Å². The Bertz CT molecular complexity index is 599. The van der Waals surface area contributed by atoms with Crippen LogP contribution in [0.5, 0.6) is 0 Å². The van der Waals surface area contributed by atoms with Gasteiger partial charge in [-0.15, -0.1) is 0 Å². The van der Waals surface area contributed by atoms with Crippen molar-refractivity contribution >= 4 is 16.7 Å². The average molecular weight is 229 g/mol. The fraction of sp³-hybridized carbons (Fsp3) is 0.357. The first kappa shape index (κ1) is 10.5. The second-order valence-corrected chi connectivity index (χ2v) is 4.92. The molecule has 0 fully saturated rings. The number of para-hydroxylation sites is 1. The molecule has 0 bridgehead atoms. The van der Waals surface area contributed by atoms with Crippen molar-refractivity contribution in [2.24, 2.45) is 5.92 Å². The molecule has 3 rings (SSSR count). The standard InChI is InChI=1S/C14H15NO2/c1-7-8(2)13(16)14(17)11-9-5-3-4-6-10(9)15-12(7)11/h3-8,13,15-16H,1-2H3/t7-,8-,13-/m1/s1. The average Bonchev–Trinajstić information content (AvgIpc) is 2.73. The van der Waals surface area contributed by atoms with Crippen molar-refractivity contribution in [1.82, 2.24) is 4.98 Å². The molecule has 0 aliphatic heterocycles. The number of hydrogen-bond acceptors (Lipinski definition) is 2. The van der Waals surface area contributed by atoms with Gasteiger partial charge in [0.15, 0.2) is 5.78 Å². The molecule has 3 heteroatoms. The third-order valence-corrected chi connectivity index (χ3v) is 3.99. The molecule has 1 aliphatic rings. The molecule has 3 atom stereocenters. The van der Waals surface area contributed by atoms with Gasteiger partial charge in [-0.1, -0.05) is 32.0 Å². The number of fused-ring (bicyclic) bond motifs is 3. The van der Waals surface area contributed by atoms with Gasteiger partial charge < -0.3 is 10.1 Å². The van der Waals surface area contributed by atoms with Gasteiger partial charge in [0.25, 0.3) is 0 Å². The first-order chi connectivity index (χ1) is 8.11. The van der Waals surface area contributed by atoms with Gasteiger partial charge in [0, 0.05) is 28.1 Å². The van der Waals surface area contributed by atoms with Gasteiger partial charge in [0.05, 0.1) is 0 Å². The summed E-state index contributed by atoms with van der Waals surface area (Å²) in [6, 6.07) is 7.75. The summed E-state index contributed by atoms with van der Waals surface area (Å²) in [6.07, 6.45) is -0.878. The summed E-state index contributed by atoms with van der Waals surface area (Å²) in [5, 5.41) is 10.9. The first-order valence-corrected chi connectivity index (χ1v) is 5.94. The summed E-state index contributed by atoms with van der Waals surface area (Å²) >= 11 is 0. The lowest BCUT2D eigenvalue weighted by atomic mass is 9.77. The van der Waals surface area contributed by atoms with Crippen molar-refractivity contribution in [3.05, 3.63) is 35.5 Å². The summed E-state index contributed by atoms with van der Waals surface area (Å²) in [6.45, 7) is 3.97. The topological polar surface area (TPSA) is 53.1 Å². The molecular formula is C14H15NO2. The zero-order valence-electron chi connectivity index (χ0n) is 9.90. The normalized spacial score (nSPS) is 28.4. The van der Waals surface area contributed by atoms with E-state index in [2.05, 4.69) is 11.9 Å². The minimum atomic E-state index is -0.878. The smallest absolute Gasteiger partial charge is 0.193 e. The first-order valence-electron chi connectivity index (χ1n) is 5.94. The van der Waals surface area contributed by atoms with E-state index in [0.29, 0.717) is 5.56 Å². The van der Waals surface area contributed by atoms with Gasteiger partial charge in [-0.25, -0.2) is 0 Å². The molecule has 0 radical (unpaired) electrons. The van der Waals surface area contributed by atoms with E-state index < -0.39 is 6.10 Å². The van der Waals surface area contributed by atoms with E-state index in [4.69, 9.17) is 0 Å². The summed E-state index contributed by atoms with van der Waals surface area (Å²) in [7, 11) is 0. The molecule has 2 N–H and O–H groups in total. The van der Waals surface area contributed by atoms with Crippen LogP contribution < -0.4 is 0 Å². The number of carbonyl (C=O) groups excluding carboxylic acids is 1. The number of carbonyl (C=O) groups is 1. The fourth-order valence-corrected chi connectivity index (χ4v) is 2.69. The lowest BCUT2D eigenvalue weighted by molar-refractivity contribution is 0.0556. The van der Waals surface area contributed by atoms with E-state index in [1.807, 2.05) is 31.2 Å². The molecule has 0 spiro atoms. The maximum absolute atomic E-state index is 12.2. The fourth-order valence-electron chi connectivity index (χ4n) is 2.69. The Morgan fingerprint density at radius 3 is 2.71 bits per heavy atom. The van der Waals surface area contributed by atoms with Gasteiger partial charge in [-0.05, 0) is 12.0 Å². The number of aromatic nitrogens is 1. The SMILES string of the molecule is C[C@H]1[C@@H](O)C(=O)c2c([nH]c3ccccc23)[C@@H]1C. The Balaban J connectivity index is 2.34. The summed E-state index contributed by atoms with van der Waals surface area (Å²) in [5.74, 6) is -0.0174. The number of benzene rings is 1. The maximum atomic E-state index is 12.2. The molecule has 3 nitrogen and oxygen atoms in total. The van der Waals surface area contributed by atoms with Crippen molar-refractivity contribution in [1.29, 1.82) is 0 Å². The molecule has 1 aromatic carbocycles. The van der Waals surface area contributed by atoms with Crippen LogP contribution in [-0.2, 0) is 0 Å². The van der Waals surface area contributed by atoms with Crippen LogP contribution in [0.1, 0.15) is 35.8 Å². The van der Waals surface area contributed by atoms with Crippen molar-refractivity contribution in [3.8, 4) is 0 Å². The molecule has 0 amide bonds. The van der Waals surface area contributed by atoms with Gasteiger partial charge in [-0.3, -0.25) is 4.79 Å². The number of Topliss-reactive ketones (excluding diaryl/α,β-unsaturated/α-hetero) is 1. The summed E-state index contributed by atoms with van der Waals surface area (Å²) in [5.41, 5.74) is 2.62. The molecule has 0 saturated heterocycles. The summed E-state index contributed by atoms with van der Waals surface area (Å²) < 4.78 is 0. The van der Waals surface area contributed by atoms with Gasteiger partial charge >= 0.3 is 0 Å². The lowest BCUT2D eigenvalue weighted by Gasteiger charge is -2.29. The van der Waals surface area contributed by atoms with Crippen LogP contribution in [0.25, 0.3) is 10.9 Å². The van der Waals surface area contributed by atoms with E-state index in [0.717, 1.165) is 16.6 Å². The van der Waals surface area contributed by atoms with Gasteiger partial charge in [0.1, 0.15) is 6.10 Å². The van der Waals surface area contributed by atoms with Crippen molar-refractivity contribution in [3.63, 3.8) is 0 Å². The Morgan fingerprint density at radius 2 is 1.94 bits per heavy atom. The molecule has 1 heterocycles. The van der Waals surface area contributed by atoms with E-state index in [-0.39, 0.29) is 17.6 Å². The van der Waals surface area contributed by atoms with Crippen molar-refractivity contribution in [2.75, 3.05) is 0 Å². The van der Waals surface area contributed by atoms with Crippen LogP contribution in [0.3, 0.4) is 0 Å².